The van der Waals surface area contributed by atoms with E-state index in [4.69, 9.17) is 5.73 Å². The Labute approximate surface area is 119 Å². The van der Waals surface area contributed by atoms with Crippen LogP contribution in [0, 0.1) is 0 Å². The van der Waals surface area contributed by atoms with Gasteiger partial charge in [0.05, 0.1) is 12.1 Å². The standard InChI is InChI=1S/C16H19N3O/c1-12(14-7-9-18-10-8-14)19-16(20)15(17)11-13-5-3-2-4-6-13/h2-10,12,15H,11,17H2,1H3,(H,19,20). The zero-order valence-corrected chi connectivity index (χ0v) is 11.5. The fraction of sp³-hybridized carbons (Fsp3) is 0.250. The Morgan fingerprint density at radius 3 is 2.50 bits per heavy atom. The minimum absolute atomic E-state index is 0.0766. The van der Waals surface area contributed by atoms with Gasteiger partial charge in [-0.2, -0.15) is 0 Å². The molecule has 0 bridgehead atoms. The predicted molar refractivity (Wildman–Crippen MR) is 78.9 cm³/mol. The molecule has 0 radical (unpaired) electrons. The lowest BCUT2D eigenvalue weighted by molar-refractivity contribution is -0.123. The van der Waals surface area contributed by atoms with Crippen molar-refractivity contribution in [3.05, 3.63) is 66.0 Å². The Morgan fingerprint density at radius 2 is 1.85 bits per heavy atom. The Morgan fingerprint density at radius 1 is 1.20 bits per heavy atom. The van der Waals surface area contributed by atoms with Crippen molar-refractivity contribution in [1.82, 2.24) is 10.3 Å². The van der Waals surface area contributed by atoms with Gasteiger partial charge < -0.3 is 11.1 Å². The van der Waals surface area contributed by atoms with Gasteiger partial charge in [0.15, 0.2) is 0 Å². The van der Waals surface area contributed by atoms with E-state index < -0.39 is 6.04 Å². The van der Waals surface area contributed by atoms with E-state index in [0.717, 1.165) is 11.1 Å². The number of nitrogens with zero attached hydrogens (tertiary/aromatic N) is 1. The Balaban J connectivity index is 1.91. The van der Waals surface area contributed by atoms with Crippen molar-refractivity contribution in [3.8, 4) is 0 Å². The zero-order chi connectivity index (χ0) is 14.4. The van der Waals surface area contributed by atoms with Crippen molar-refractivity contribution in [2.24, 2.45) is 5.73 Å². The molecule has 0 saturated carbocycles. The number of amides is 1. The number of benzene rings is 1. The molecule has 2 unspecified atom stereocenters. The van der Waals surface area contributed by atoms with Crippen LogP contribution in [0.1, 0.15) is 24.1 Å². The van der Waals surface area contributed by atoms with E-state index in [1.54, 1.807) is 12.4 Å². The van der Waals surface area contributed by atoms with Gasteiger partial charge in [0, 0.05) is 12.4 Å². The molecule has 3 N–H and O–H groups in total. The zero-order valence-electron chi connectivity index (χ0n) is 11.5. The third-order valence-electron chi connectivity index (χ3n) is 3.20. The third kappa shape index (κ3) is 3.90. The highest BCUT2D eigenvalue weighted by Gasteiger charge is 2.16. The predicted octanol–water partition coefficient (Wildman–Crippen LogP) is 1.83. The summed E-state index contributed by atoms with van der Waals surface area (Å²) in [6, 6.07) is 12.9. The molecule has 2 rings (SSSR count). The van der Waals surface area contributed by atoms with Gasteiger partial charge in [0.1, 0.15) is 0 Å². The molecular formula is C16H19N3O. The van der Waals surface area contributed by atoms with Gasteiger partial charge >= 0.3 is 0 Å². The molecule has 0 fully saturated rings. The quantitative estimate of drug-likeness (QED) is 0.870. The first kappa shape index (κ1) is 14.2. The molecule has 1 aromatic carbocycles. The number of nitrogens with two attached hydrogens (primary N) is 1. The van der Waals surface area contributed by atoms with Gasteiger partial charge in [-0.05, 0) is 36.6 Å². The number of carbonyl (C=O) groups is 1. The van der Waals surface area contributed by atoms with Crippen molar-refractivity contribution in [1.29, 1.82) is 0 Å². The van der Waals surface area contributed by atoms with E-state index in [0.29, 0.717) is 6.42 Å². The lowest BCUT2D eigenvalue weighted by Gasteiger charge is -2.17. The van der Waals surface area contributed by atoms with E-state index in [1.807, 2.05) is 49.4 Å². The maximum absolute atomic E-state index is 12.1. The minimum atomic E-state index is -0.540. The van der Waals surface area contributed by atoms with Gasteiger partial charge in [0.2, 0.25) is 5.91 Å². The molecule has 1 aromatic heterocycles. The molecule has 4 nitrogen and oxygen atoms in total. The summed E-state index contributed by atoms with van der Waals surface area (Å²) in [7, 11) is 0. The number of hydrogen-bond donors (Lipinski definition) is 2. The first-order valence-corrected chi connectivity index (χ1v) is 6.66. The number of aromatic nitrogens is 1. The average Bonchev–Trinajstić information content (AvgIpc) is 2.49. The molecule has 2 atom stereocenters. The molecule has 0 saturated heterocycles. The second-order valence-electron chi connectivity index (χ2n) is 4.81. The van der Waals surface area contributed by atoms with Crippen molar-refractivity contribution < 1.29 is 4.79 Å². The number of nitrogens with one attached hydrogen (secondary N) is 1. The van der Waals surface area contributed by atoms with E-state index in [-0.39, 0.29) is 11.9 Å². The Bertz CT molecular complexity index is 542. The van der Waals surface area contributed by atoms with Crippen LogP contribution in [0.15, 0.2) is 54.9 Å². The topological polar surface area (TPSA) is 68.0 Å². The van der Waals surface area contributed by atoms with Crippen LogP contribution in [-0.2, 0) is 11.2 Å². The van der Waals surface area contributed by atoms with Crippen LogP contribution in [0.25, 0.3) is 0 Å². The molecule has 4 heteroatoms. The third-order valence-corrected chi connectivity index (χ3v) is 3.20. The molecule has 0 aliphatic heterocycles. The van der Waals surface area contributed by atoms with Gasteiger partial charge in [-0.25, -0.2) is 0 Å². The molecular weight excluding hydrogens is 250 g/mol. The maximum atomic E-state index is 12.1. The van der Waals surface area contributed by atoms with E-state index in [1.165, 1.54) is 0 Å². The number of carbonyl (C=O) groups excluding carboxylic acids is 1. The molecule has 0 aliphatic carbocycles. The molecule has 1 amide bonds. The van der Waals surface area contributed by atoms with Gasteiger partial charge in [0.25, 0.3) is 0 Å². The van der Waals surface area contributed by atoms with Gasteiger partial charge in [-0.3, -0.25) is 9.78 Å². The lowest BCUT2D eigenvalue weighted by Crippen LogP contribution is -2.42. The summed E-state index contributed by atoms with van der Waals surface area (Å²) in [5.41, 5.74) is 8.03. The first-order valence-electron chi connectivity index (χ1n) is 6.66. The molecule has 104 valence electrons. The summed E-state index contributed by atoms with van der Waals surface area (Å²) in [5.74, 6) is -0.141. The highest BCUT2D eigenvalue weighted by Crippen LogP contribution is 2.10. The summed E-state index contributed by atoms with van der Waals surface area (Å²) in [6.45, 7) is 1.93. The van der Waals surface area contributed by atoms with Crippen LogP contribution in [0.2, 0.25) is 0 Å². The highest BCUT2D eigenvalue weighted by atomic mass is 16.2. The Kier molecular flexibility index (Phi) is 4.85. The van der Waals surface area contributed by atoms with Crippen LogP contribution >= 0.6 is 0 Å². The summed E-state index contributed by atoms with van der Waals surface area (Å²) in [6.07, 6.45) is 3.96. The molecule has 20 heavy (non-hydrogen) atoms. The molecule has 0 aliphatic rings. The number of hydrogen-bond acceptors (Lipinski definition) is 3. The minimum Gasteiger partial charge on any atom is -0.348 e. The first-order chi connectivity index (χ1) is 9.66. The second kappa shape index (κ2) is 6.82. The Hall–Kier alpha value is -2.20. The van der Waals surface area contributed by atoms with Crippen molar-refractivity contribution >= 4 is 5.91 Å². The number of rotatable bonds is 5. The summed E-state index contributed by atoms with van der Waals surface area (Å²) in [5, 5.41) is 2.92. The fourth-order valence-corrected chi connectivity index (χ4v) is 2.02. The average molecular weight is 269 g/mol. The van der Waals surface area contributed by atoms with Crippen molar-refractivity contribution in [3.63, 3.8) is 0 Å². The molecule has 0 spiro atoms. The lowest BCUT2D eigenvalue weighted by atomic mass is 10.0. The largest absolute Gasteiger partial charge is 0.348 e. The van der Waals surface area contributed by atoms with Crippen molar-refractivity contribution in [2.75, 3.05) is 0 Å². The monoisotopic (exact) mass is 269 g/mol. The molecule has 2 aromatic rings. The summed E-state index contributed by atoms with van der Waals surface area (Å²) >= 11 is 0. The SMILES string of the molecule is CC(NC(=O)C(N)Cc1ccccc1)c1ccncc1. The van der Waals surface area contributed by atoms with E-state index in [2.05, 4.69) is 10.3 Å². The van der Waals surface area contributed by atoms with E-state index in [9.17, 15) is 4.79 Å². The summed E-state index contributed by atoms with van der Waals surface area (Å²) < 4.78 is 0. The summed E-state index contributed by atoms with van der Waals surface area (Å²) in [4.78, 5) is 16.0. The second-order valence-corrected chi connectivity index (χ2v) is 4.81. The van der Waals surface area contributed by atoms with Crippen molar-refractivity contribution in [2.45, 2.75) is 25.4 Å². The fourth-order valence-electron chi connectivity index (χ4n) is 2.02. The number of pyridine rings is 1. The van der Waals surface area contributed by atoms with Gasteiger partial charge in [-0.1, -0.05) is 30.3 Å². The smallest absolute Gasteiger partial charge is 0.237 e. The van der Waals surface area contributed by atoms with Crippen LogP contribution in [0.5, 0.6) is 0 Å². The normalized spacial score (nSPS) is 13.5. The van der Waals surface area contributed by atoms with Crippen LogP contribution < -0.4 is 11.1 Å². The molecule has 1 heterocycles. The van der Waals surface area contributed by atoms with Crippen LogP contribution in [0.3, 0.4) is 0 Å². The van der Waals surface area contributed by atoms with E-state index >= 15 is 0 Å². The van der Waals surface area contributed by atoms with Crippen LogP contribution in [0.4, 0.5) is 0 Å². The van der Waals surface area contributed by atoms with Crippen LogP contribution in [-0.4, -0.2) is 16.9 Å². The maximum Gasteiger partial charge on any atom is 0.237 e. The van der Waals surface area contributed by atoms with Gasteiger partial charge in [-0.15, -0.1) is 0 Å². The highest BCUT2D eigenvalue weighted by molar-refractivity contribution is 5.82.